The quantitative estimate of drug-likeness (QED) is 0.230. The number of alkyl halides is 3. The van der Waals surface area contributed by atoms with E-state index in [2.05, 4.69) is 15.6 Å². The van der Waals surface area contributed by atoms with Crippen molar-refractivity contribution in [1.29, 1.82) is 0 Å². The molecular weight excluding hydrogens is 517 g/mol. The minimum Gasteiger partial charge on any atom is -0.493 e. The third kappa shape index (κ3) is 7.22. The van der Waals surface area contributed by atoms with E-state index >= 15 is 0 Å². The lowest BCUT2D eigenvalue weighted by Crippen LogP contribution is -2.36. The van der Waals surface area contributed by atoms with Crippen LogP contribution in [-0.4, -0.2) is 26.7 Å². The van der Waals surface area contributed by atoms with E-state index in [-0.39, 0.29) is 36.1 Å². The van der Waals surface area contributed by atoms with Crippen molar-refractivity contribution in [2.75, 3.05) is 20.8 Å². The number of ether oxygens (including phenoxy) is 2. The topological polar surface area (TPSA) is 54.9 Å². The Morgan fingerprint density at radius 3 is 2.33 bits per heavy atom. The van der Waals surface area contributed by atoms with E-state index in [0.29, 0.717) is 36.7 Å². The van der Waals surface area contributed by atoms with Crippen molar-refractivity contribution in [3.05, 3.63) is 58.9 Å². The molecule has 0 atom stereocenters. The largest absolute Gasteiger partial charge is 0.493 e. The monoisotopic (exact) mass is 541 g/mol. The molecule has 30 heavy (non-hydrogen) atoms. The lowest BCUT2D eigenvalue weighted by atomic mass is 10.1. The molecule has 0 radical (unpaired) electrons. The summed E-state index contributed by atoms with van der Waals surface area (Å²) in [5, 5.41) is 5.82. The highest BCUT2D eigenvalue weighted by Crippen LogP contribution is 2.32. The molecule has 2 aromatic carbocycles. The molecule has 2 rings (SSSR count). The Labute approximate surface area is 189 Å². The SMILES string of the molecule is CCOc1ccc(CNC(=NC)NCc2ccc(F)cc2C(F)(F)F)cc1OC.I. The van der Waals surface area contributed by atoms with Crippen molar-refractivity contribution < 1.29 is 27.0 Å². The zero-order chi connectivity index (χ0) is 21.4. The standard InChI is InChI=1S/C20H23F4N3O2.HI/c1-4-29-17-8-5-13(9-18(17)28-3)11-26-19(25-2)27-12-14-6-7-15(21)10-16(14)20(22,23)24;/h5-10H,4,11-12H2,1-3H3,(H2,25,26,27);1H. The first-order valence-corrected chi connectivity index (χ1v) is 8.88. The van der Waals surface area contributed by atoms with Crippen LogP contribution in [0.4, 0.5) is 17.6 Å². The second-order valence-corrected chi connectivity index (χ2v) is 6.00. The second-order valence-electron chi connectivity index (χ2n) is 6.00. The average molecular weight is 541 g/mol. The molecule has 0 aliphatic heterocycles. The molecule has 0 heterocycles. The van der Waals surface area contributed by atoms with Crippen LogP contribution in [0.25, 0.3) is 0 Å². The van der Waals surface area contributed by atoms with Gasteiger partial charge in [-0.2, -0.15) is 13.2 Å². The number of halogens is 5. The van der Waals surface area contributed by atoms with Gasteiger partial charge in [0.15, 0.2) is 17.5 Å². The predicted octanol–water partition coefficient (Wildman–Crippen LogP) is 4.74. The van der Waals surface area contributed by atoms with Crippen LogP contribution in [0.1, 0.15) is 23.6 Å². The third-order valence-corrected chi connectivity index (χ3v) is 4.04. The first-order chi connectivity index (χ1) is 13.8. The summed E-state index contributed by atoms with van der Waals surface area (Å²) in [5.74, 6) is 0.566. The number of rotatable bonds is 7. The fraction of sp³-hybridized carbons (Fsp3) is 0.350. The molecule has 0 saturated carbocycles. The Hall–Kier alpha value is -2.24. The maximum atomic E-state index is 13.2. The van der Waals surface area contributed by atoms with Gasteiger partial charge in [-0.05, 0) is 42.3 Å². The van der Waals surface area contributed by atoms with E-state index < -0.39 is 17.6 Å². The van der Waals surface area contributed by atoms with Crippen molar-refractivity contribution in [2.45, 2.75) is 26.2 Å². The number of hydrogen-bond donors (Lipinski definition) is 2. The minimum atomic E-state index is -4.64. The molecular formula is C20H24F4IN3O2. The molecule has 5 nitrogen and oxygen atoms in total. The van der Waals surface area contributed by atoms with Crippen molar-refractivity contribution in [3.8, 4) is 11.5 Å². The molecule has 10 heteroatoms. The van der Waals surface area contributed by atoms with Crippen LogP contribution in [0.2, 0.25) is 0 Å². The second kappa shape index (κ2) is 11.8. The smallest absolute Gasteiger partial charge is 0.416 e. The third-order valence-electron chi connectivity index (χ3n) is 4.04. The first-order valence-electron chi connectivity index (χ1n) is 8.88. The van der Waals surface area contributed by atoms with E-state index in [1.807, 2.05) is 13.0 Å². The van der Waals surface area contributed by atoms with Gasteiger partial charge in [-0.1, -0.05) is 12.1 Å². The summed E-state index contributed by atoms with van der Waals surface area (Å²) in [6.07, 6.45) is -4.64. The maximum Gasteiger partial charge on any atom is 0.416 e. The summed E-state index contributed by atoms with van der Waals surface area (Å²) in [6, 6.07) is 8.01. The lowest BCUT2D eigenvalue weighted by Gasteiger charge is -2.16. The van der Waals surface area contributed by atoms with Gasteiger partial charge >= 0.3 is 6.18 Å². The van der Waals surface area contributed by atoms with Crippen LogP contribution in [0.5, 0.6) is 11.5 Å². The molecule has 0 unspecified atom stereocenters. The summed E-state index contributed by atoms with van der Waals surface area (Å²) < 4.78 is 63.3. The molecule has 0 spiro atoms. The number of methoxy groups -OCH3 is 1. The Kier molecular flexibility index (Phi) is 10.2. The zero-order valence-electron chi connectivity index (χ0n) is 16.8. The van der Waals surface area contributed by atoms with Crippen molar-refractivity contribution in [3.63, 3.8) is 0 Å². The number of nitrogens with zero attached hydrogens (tertiary/aromatic N) is 1. The predicted molar refractivity (Wildman–Crippen MR) is 118 cm³/mol. The van der Waals surface area contributed by atoms with Gasteiger partial charge in [0.2, 0.25) is 0 Å². The number of nitrogens with one attached hydrogen (secondary N) is 2. The van der Waals surface area contributed by atoms with Gasteiger partial charge in [0, 0.05) is 20.1 Å². The van der Waals surface area contributed by atoms with Gasteiger partial charge < -0.3 is 20.1 Å². The Bertz CT molecular complexity index is 860. The first kappa shape index (κ1) is 25.8. The van der Waals surface area contributed by atoms with Gasteiger partial charge in [0.05, 0.1) is 19.3 Å². The molecule has 0 aromatic heterocycles. The van der Waals surface area contributed by atoms with E-state index in [1.165, 1.54) is 14.2 Å². The lowest BCUT2D eigenvalue weighted by molar-refractivity contribution is -0.138. The average Bonchev–Trinajstić information content (AvgIpc) is 2.69. The zero-order valence-corrected chi connectivity index (χ0v) is 19.1. The highest BCUT2D eigenvalue weighted by molar-refractivity contribution is 14.0. The molecule has 0 aliphatic carbocycles. The van der Waals surface area contributed by atoms with Crippen molar-refractivity contribution in [2.24, 2.45) is 4.99 Å². The molecule has 2 N–H and O–H groups in total. The minimum absolute atomic E-state index is 0. The van der Waals surface area contributed by atoms with E-state index in [4.69, 9.17) is 9.47 Å². The molecule has 0 amide bonds. The molecule has 0 saturated heterocycles. The summed E-state index contributed by atoms with van der Waals surface area (Å²) in [4.78, 5) is 4.00. The van der Waals surface area contributed by atoms with Gasteiger partial charge in [-0.3, -0.25) is 4.99 Å². The van der Waals surface area contributed by atoms with Crippen molar-refractivity contribution in [1.82, 2.24) is 10.6 Å². The molecule has 2 aromatic rings. The Balaban J connectivity index is 0.00000450. The van der Waals surface area contributed by atoms with Gasteiger partial charge in [-0.15, -0.1) is 24.0 Å². The van der Waals surface area contributed by atoms with Crippen LogP contribution in [0.15, 0.2) is 41.4 Å². The van der Waals surface area contributed by atoms with Gasteiger partial charge in [-0.25, -0.2) is 4.39 Å². The fourth-order valence-corrected chi connectivity index (χ4v) is 2.65. The van der Waals surface area contributed by atoms with Gasteiger partial charge in [0.25, 0.3) is 0 Å². The van der Waals surface area contributed by atoms with E-state index in [0.717, 1.165) is 17.7 Å². The van der Waals surface area contributed by atoms with Crippen molar-refractivity contribution >= 4 is 29.9 Å². The number of guanidine groups is 1. The molecule has 0 fully saturated rings. The maximum absolute atomic E-state index is 13.2. The van der Waals surface area contributed by atoms with Crippen LogP contribution in [0, 0.1) is 5.82 Å². The van der Waals surface area contributed by atoms with E-state index in [1.54, 1.807) is 12.1 Å². The van der Waals surface area contributed by atoms with Crippen LogP contribution < -0.4 is 20.1 Å². The Morgan fingerprint density at radius 1 is 1.03 bits per heavy atom. The summed E-state index contributed by atoms with van der Waals surface area (Å²) in [5.41, 5.74) is -0.229. The van der Waals surface area contributed by atoms with E-state index in [9.17, 15) is 17.6 Å². The Morgan fingerprint density at radius 2 is 1.73 bits per heavy atom. The highest BCUT2D eigenvalue weighted by atomic mass is 127. The summed E-state index contributed by atoms with van der Waals surface area (Å²) >= 11 is 0. The van der Waals surface area contributed by atoms with Crippen LogP contribution in [0.3, 0.4) is 0 Å². The highest BCUT2D eigenvalue weighted by Gasteiger charge is 2.33. The van der Waals surface area contributed by atoms with Gasteiger partial charge in [0.1, 0.15) is 5.82 Å². The number of hydrogen-bond acceptors (Lipinski definition) is 3. The molecule has 0 aliphatic rings. The summed E-state index contributed by atoms with van der Waals surface area (Å²) in [7, 11) is 3.04. The normalized spacial score (nSPS) is 11.5. The number of benzene rings is 2. The fourth-order valence-electron chi connectivity index (χ4n) is 2.65. The van der Waals surface area contributed by atoms with Crippen LogP contribution in [-0.2, 0) is 19.3 Å². The molecule has 166 valence electrons. The molecule has 0 bridgehead atoms. The summed E-state index contributed by atoms with van der Waals surface area (Å²) in [6.45, 7) is 2.57. The van der Waals surface area contributed by atoms with Crippen LogP contribution >= 0.6 is 24.0 Å². The number of aliphatic imine (C=N–C) groups is 1.